The maximum absolute atomic E-state index is 11.0. The molecule has 0 spiro atoms. The van der Waals surface area contributed by atoms with Gasteiger partial charge in [0.05, 0.1) is 27.6 Å². The minimum absolute atomic E-state index is 0.0519. The molecule has 110 valence electrons. The Balaban J connectivity index is 2.56. The number of amides is 1. The van der Waals surface area contributed by atoms with E-state index in [0.29, 0.717) is 23.1 Å². The predicted octanol–water partition coefficient (Wildman–Crippen LogP) is 1.72. The van der Waals surface area contributed by atoms with E-state index in [2.05, 4.69) is 15.9 Å². The van der Waals surface area contributed by atoms with Gasteiger partial charge in [-0.1, -0.05) is 0 Å². The van der Waals surface area contributed by atoms with E-state index in [0.717, 1.165) is 0 Å². The third-order valence-corrected chi connectivity index (χ3v) is 3.44. The van der Waals surface area contributed by atoms with Crippen LogP contribution in [0.2, 0.25) is 0 Å². The molecule has 1 atom stereocenters. The number of carbonyl (C=O) groups excluding carboxylic acids is 1. The highest BCUT2D eigenvalue weighted by Gasteiger charge is 2.24. The van der Waals surface area contributed by atoms with E-state index in [1.54, 1.807) is 13.0 Å². The van der Waals surface area contributed by atoms with Gasteiger partial charge in [0.1, 0.15) is 5.75 Å². The van der Waals surface area contributed by atoms with E-state index < -0.39 is 16.4 Å². The zero-order valence-corrected chi connectivity index (χ0v) is 12.6. The Labute approximate surface area is 124 Å². The maximum Gasteiger partial charge on any atom is 0.273 e. The Bertz CT molecular complexity index is 519. The minimum Gasteiger partial charge on any atom is -0.492 e. The lowest BCUT2D eigenvalue weighted by atomic mass is 9.97. The van der Waals surface area contributed by atoms with Gasteiger partial charge in [0.15, 0.2) is 0 Å². The van der Waals surface area contributed by atoms with Crippen molar-refractivity contribution in [2.24, 2.45) is 11.5 Å². The van der Waals surface area contributed by atoms with Gasteiger partial charge in [-0.25, -0.2) is 0 Å². The zero-order chi connectivity index (χ0) is 15.3. The number of carbonyl (C=O) groups is 1. The van der Waals surface area contributed by atoms with Gasteiger partial charge in [-0.05, 0) is 41.8 Å². The number of ether oxygens (including phenoxy) is 1. The lowest BCUT2D eigenvalue weighted by molar-refractivity contribution is -0.385. The monoisotopic (exact) mass is 345 g/mol. The number of benzene rings is 1. The van der Waals surface area contributed by atoms with E-state index in [1.165, 1.54) is 12.1 Å². The predicted molar refractivity (Wildman–Crippen MR) is 77.3 cm³/mol. The number of nitrogens with two attached hydrogens (primary N) is 2. The van der Waals surface area contributed by atoms with E-state index in [4.69, 9.17) is 16.2 Å². The number of hydrogen-bond donors (Lipinski definition) is 2. The highest BCUT2D eigenvalue weighted by molar-refractivity contribution is 9.10. The van der Waals surface area contributed by atoms with Crippen LogP contribution in [-0.2, 0) is 4.79 Å². The molecule has 0 bridgehead atoms. The molecule has 0 fully saturated rings. The third-order valence-electron chi connectivity index (χ3n) is 2.79. The maximum atomic E-state index is 11.0. The highest BCUT2D eigenvalue weighted by Crippen LogP contribution is 2.29. The molecule has 0 aromatic heterocycles. The van der Waals surface area contributed by atoms with Crippen LogP contribution in [0.1, 0.15) is 19.8 Å². The average molecular weight is 346 g/mol. The molecule has 0 aliphatic heterocycles. The fourth-order valence-corrected chi connectivity index (χ4v) is 1.82. The molecule has 0 heterocycles. The second-order valence-electron chi connectivity index (χ2n) is 4.61. The number of primary amides is 1. The molecule has 1 unspecified atom stereocenters. The van der Waals surface area contributed by atoms with Crippen molar-refractivity contribution in [1.29, 1.82) is 0 Å². The lowest BCUT2D eigenvalue weighted by Gasteiger charge is -2.20. The number of rotatable bonds is 7. The molecule has 1 aromatic rings. The number of non-ortho nitro benzene ring substituents is 1. The first-order valence-corrected chi connectivity index (χ1v) is 6.69. The van der Waals surface area contributed by atoms with Crippen molar-refractivity contribution in [3.05, 3.63) is 32.8 Å². The summed E-state index contributed by atoms with van der Waals surface area (Å²) >= 11 is 3.25. The van der Waals surface area contributed by atoms with E-state index in [9.17, 15) is 14.9 Å². The molecular weight excluding hydrogens is 330 g/mol. The summed E-state index contributed by atoms with van der Waals surface area (Å²) in [6.07, 6.45) is 0.875. The molecule has 4 N–H and O–H groups in total. The lowest BCUT2D eigenvalue weighted by Crippen LogP contribution is -2.49. The number of hydrogen-bond acceptors (Lipinski definition) is 5. The van der Waals surface area contributed by atoms with Crippen LogP contribution in [-0.4, -0.2) is 23.0 Å². The van der Waals surface area contributed by atoms with Gasteiger partial charge < -0.3 is 16.2 Å². The van der Waals surface area contributed by atoms with E-state index >= 15 is 0 Å². The Morgan fingerprint density at radius 3 is 2.75 bits per heavy atom. The summed E-state index contributed by atoms with van der Waals surface area (Å²) in [5, 5.41) is 10.7. The van der Waals surface area contributed by atoms with Gasteiger partial charge in [0, 0.05) is 6.07 Å². The first kappa shape index (κ1) is 16.4. The number of nitro groups is 1. The van der Waals surface area contributed by atoms with Crippen LogP contribution in [0.25, 0.3) is 0 Å². The topological polar surface area (TPSA) is 121 Å². The van der Waals surface area contributed by atoms with Crippen molar-refractivity contribution in [1.82, 2.24) is 0 Å². The summed E-state index contributed by atoms with van der Waals surface area (Å²) in [6, 6.07) is 4.25. The molecule has 20 heavy (non-hydrogen) atoms. The average Bonchev–Trinajstić information content (AvgIpc) is 2.36. The molecule has 1 amide bonds. The van der Waals surface area contributed by atoms with Crippen LogP contribution in [0.5, 0.6) is 5.75 Å². The van der Waals surface area contributed by atoms with Crippen LogP contribution in [0.3, 0.4) is 0 Å². The Morgan fingerprint density at radius 2 is 2.20 bits per heavy atom. The quantitative estimate of drug-likeness (QED) is 0.442. The van der Waals surface area contributed by atoms with Gasteiger partial charge in [0.2, 0.25) is 5.91 Å². The standard InChI is InChI=1S/C12H16BrN3O4/c1-12(15,11(14)17)5-2-6-20-10-7-8(16(18)19)3-4-9(10)13/h3-4,7H,2,5-6,15H2,1H3,(H2,14,17). The number of nitro benzene ring substituents is 1. The fourth-order valence-electron chi connectivity index (χ4n) is 1.46. The smallest absolute Gasteiger partial charge is 0.273 e. The Kier molecular flexibility index (Phi) is 5.46. The normalized spacial score (nSPS) is 13.6. The van der Waals surface area contributed by atoms with Crippen molar-refractivity contribution in [2.75, 3.05) is 6.61 Å². The molecule has 0 radical (unpaired) electrons. The van der Waals surface area contributed by atoms with Crippen molar-refractivity contribution >= 4 is 27.5 Å². The third kappa shape index (κ3) is 4.46. The van der Waals surface area contributed by atoms with Crippen LogP contribution < -0.4 is 16.2 Å². The van der Waals surface area contributed by atoms with Crippen molar-refractivity contribution in [3.8, 4) is 5.75 Å². The van der Waals surface area contributed by atoms with Crippen molar-refractivity contribution in [2.45, 2.75) is 25.3 Å². The van der Waals surface area contributed by atoms with Gasteiger partial charge in [0.25, 0.3) is 5.69 Å². The highest BCUT2D eigenvalue weighted by atomic mass is 79.9. The molecule has 0 aliphatic carbocycles. The van der Waals surface area contributed by atoms with Crippen LogP contribution >= 0.6 is 15.9 Å². The SMILES string of the molecule is CC(N)(CCCOc1cc([N+](=O)[O-])ccc1Br)C(N)=O. The molecular formula is C12H16BrN3O4. The minimum atomic E-state index is -1.08. The van der Waals surface area contributed by atoms with Gasteiger partial charge in [-0.15, -0.1) is 0 Å². The van der Waals surface area contributed by atoms with E-state index in [1.807, 2.05) is 0 Å². The summed E-state index contributed by atoms with van der Waals surface area (Å²) in [5.41, 5.74) is 9.73. The second kappa shape index (κ2) is 6.67. The van der Waals surface area contributed by atoms with Gasteiger partial charge in [-0.2, -0.15) is 0 Å². The molecule has 0 aliphatic rings. The molecule has 8 heteroatoms. The first-order chi connectivity index (χ1) is 9.24. The Morgan fingerprint density at radius 1 is 1.55 bits per heavy atom. The van der Waals surface area contributed by atoms with Crippen LogP contribution in [0.15, 0.2) is 22.7 Å². The van der Waals surface area contributed by atoms with Crippen LogP contribution in [0, 0.1) is 10.1 Å². The van der Waals surface area contributed by atoms with E-state index in [-0.39, 0.29) is 12.3 Å². The molecule has 1 rings (SSSR count). The summed E-state index contributed by atoms with van der Waals surface area (Å²) in [6.45, 7) is 1.83. The first-order valence-electron chi connectivity index (χ1n) is 5.89. The molecule has 1 aromatic carbocycles. The Hall–Kier alpha value is -1.67. The van der Waals surface area contributed by atoms with Crippen molar-refractivity contribution in [3.63, 3.8) is 0 Å². The summed E-state index contributed by atoms with van der Waals surface area (Å²) in [7, 11) is 0. The number of halogens is 1. The largest absolute Gasteiger partial charge is 0.492 e. The fraction of sp³-hybridized carbons (Fsp3) is 0.417. The van der Waals surface area contributed by atoms with Crippen LogP contribution in [0.4, 0.5) is 5.69 Å². The molecule has 0 saturated heterocycles. The van der Waals surface area contributed by atoms with Crippen molar-refractivity contribution < 1.29 is 14.5 Å². The van der Waals surface area contributed by atoms with Gasteiger partial charge >= 0.3 is 0 Å². The summed E-state index contributed by atoms with van der Waals surface area (Å²) in [5.74, 6) is -0.203. The second-order valence-corrected chi connectivity index (χ2v) is 5.46. The summed E-state index contributed by atoms with van der Waals surface area (Å²) in [4.78, 5) is 21.2. The summed E-state index contributed by atoms with van der Waals surface area (Å²) < 4.78 is 6.06. The molecule has 0 saturated carbocycles. The zero-order valence-electron chi connectivity index (χ0n) is 11.0. The van der Waals surface area contributed by atoms with Gasteiger partial charge in [-0.3, -0.25) is 14.9 Å². The number of nitrogens with zero attached hydrogens (tertiary/aromatic N) is 1. The molecule has 7 nitrogen and oxygen atoms in total.